The molecule has 0 aliphatic carbocycles. The van der Waals surface area contributed by atoms with Crippen molar-refractivity contribution < 1.29 is 18.7 Å². The van der Waals surface area contributed by atoms with Gasteiger partial charge in [0.05, 0.1) is 0 Å². The fourth-order valence-electron chi connectivity index (χ4n) is 2.24. The van der Waals surface area contributed by atoms with E-state index in [4.69, 9.17) is 4.74 Å². The second-order valence-electron chi connectivity index (χ2n) is 6.06. The van der Waals surface area contributed by atoms with Gasteiger partial charge in [0.2, 0.25) is 11.8 Å². The lowest BCUT2D eigenvalue weighted by Gasteiger charge is -2.30. The van der Waals surface area contributed by atoms with Crippen LogP contribution in [0.4, 0.5) is 4.39 Å². The molecule has 0 aromatic heterocycles. The van der Waals surface area contributed by atoms with Crippen molar-refractivity contribution in [2.45, 2.75) is 39.8 Å². The summed E-state index contributed by atoms with van der Waals surface area (Å²) in [5.41, 5.74) is 0.782. The van der Waals surface area contributed by atoms with Gasteiger partial charge in [0.1, 0.15) is 11.9 Å². The number of benzene rings is 1. The molecule has 0 radical (unpaired) electrons. The van der Waals surface area contributed by atoms with E-state index in [9.17, 15) is 14.0 Å². The average Bonchev–Trinajstić information content (AvgIpc) is 2.56. The molecule has 0 saturated heterocycles. The third kappa shape index (κ3) is 6.28. The topological polar surface area (TPSA) is 58.6 Å². The highest BCUT2D eigenvalue weighted by Gasteiger charge is 2.27. The average molecular weight is 338 g/mol. The quantitative estimate of drug-likeness (QED) is 0.703. The molecule has 6 heteroatoms. The summed E-state index contributed by atoms with van der Waals surface area (Å²) in [5, 5.41) is 2.81. The smallest absolute Gasteiger partial charge is 0.242 e. The van der Waals surface area contributed by atoms with Gasteiger partial charge in [-0.2, -0.15) is 0 Å². The molecule has 0 spiro atoms. The highest BCUT2D eigenvalue weighted by Crippen LogP contribution is 2.13. The van der Waals surface area contributed by atoms with Gasteiger partial charge >= 0.3 is 0 Å². The van der Waals surface area contributed by atoms with Crippen molar-refractivity contribution >= 4 is 11.8 Å². The van der Waals surface area contributed by atoms with Crippen LogP contribution in [0.3, 0.4) is 0 Å². The molecule has 1 aromatic rings. The van der Waals surface area contributed by atoms with Gasteiger partial charge in [-0.15, -0.1) is 0 Å². The molecular weight excluding hydrogens is 311 g/mol. The zero-order chi connectivity index (χ0) is 18.1. The highest BCUT2D eigenvalue weighted by molar-refractivity contribution is 5.88. The fraction of sp³-hybridized carbons (Fsp3) is 0.556. The lowest BCUT2D eigenvalue weighted by Crippen LogP contribution is -2.49. The number of methoxy groups -OCH3 is 1. The number of nitrogens with zero attached hydrogens (tertiary/aromatic N) is 1. The second-order valence-corrected chi connectivity index (χ2v) is 6.06. The molecule has 0 bridgehead atoms. The van der Waals surface area contributed by atoms with Crippen molar-refractivity contribution in [3.05, 3.63) is 35.6 Å². The van der Waals surface area contributed by atoms with Crippen molar-refractivity contribution in [3.63, 3.8) is 0 Å². The normalized spacial score (nSPS) is 12.1. The SMILES string of the molecule is COCCCNC(=O)[C@H](C)N(Cc1ccc(F)cc1)C(=O)C(C)C. The third-order valence-electron chi connectivity index (χ3n) is 3.71. The Bertz CT molecular complexity index is 532. The maximum Gasteiger partial charge on any atom is 0.242 e. The van der Waals surface area contributed by atoms with Crippen molar-refractivity contribution in [3.8, 4) is 0 Å². The Morgan fingerprint density at radius 1 is 1.21 bits per heavy atom. The van der Waals surface area contributed by atoms with E-state index in [0.29, 0.717) is 19.6 Å². The van der Waals surface area contributed by atoms with Gasteiger partial charge in [-0.1, -0.05) is 26.0 Å². The fourth-order valence-corrected chi connectivity index (χ4v) is 2.24. The Morgan fingerprint density at radius 2 is 1.83 bits per heavy atom. The predicted octanol–water partition coefficient (Wildman–Crippen LogP) is 2.35. The van der Waals surface area contributed by atoms with Crippen LogP contribution in [0.25, 0.3) is 0 Å². The molecular formula is C18H27FN2O3. The number of hydrogen-bond donors (Lipinski definition) is 1. The molecule has 0 aliphatic heterocycles. The van der Waals surface area contributed by atoms with Crippen LogP contribution in [0, 0.1) is 11.7 Å². The largest absolute Gasteiger partial charge is 0.385 e. The summed E-state index contributed by atoms with van der Waals surface area (Å²) >= 11 is 0. The molecule has 0 unspecified atom stereocenters. The first-order chi connectivity index (χ1) is 11.4. The summed E-state index contributed by atoms with van der Waals surface area (Å²) in [7, 11) is 1.61. The molecule has 1 N–H and O–H groups in total. The van der Waals surface area contributed by atoms with Crippen LogP contribution in [0.15, 0.2) is 24.3 Å². The predicted molar refractivity (Wildman–Crippen MR) is 90.8 cm³/mol. The van der Waals surface area contributed by atoms with Gasteiger partial charge in [0.15, 0.2) is 0 Å². The molecule has 0 saturated carbocycles. The molecule has 2 amide bonds. The number of halogens is 1. The van der Waals surface area contributed by atoms with Crippen LogP contribution in [-0.4, -0.2) is 43.0 Å². The second kappa shape index (κ2) is 10.0. The molecule has 0 fully saturated rings. The van der Waals surface area contributed by atoms with Gasteiger partial charge in [-0.05, 0) is 31.0 Å². The van der Waals surface area contributed by atoms with E-state index in [-0.39, 0.29) is 30.1 Å². The lowest BCUT2D eigenvalue weighted by molar-refractivity contribution is -0.143. The van der Waals surface area contributed by atoms with E-state index < -0.39 is 6.04 Å². The van der Waals surface area contributed by atoms with Crippen molar-refractivity contribution in [1.82, 2.24) is 10.2 Å². The zero-order valence-electron chi connectivity index (χ0n) is 14.8. The van der Waals surface area contributed by atoms with Crippen LogP contribution in [-0.2, 0) is 20.9 Å². The number of ether oxygens (including phenoxy) is 1. The van der Waals surface area contributed by atoms with Crippen molar-refractivity contribution in [2.24, 2.45) is 5.92 Å². The third-order valence-corrected chi connectivity index (χ3v) is 3.71. The van der Waals surface area contributed by atoms with Gasteiger partial charge < -0.3 is 15.0 Å². The van der Waals surface area contributed by atoms with E-state index in [1.54, 1.807) is 40.0 Å². The number of hydrogen-bond acceptors (Lipinski definition) is 3. The number of amides is 2. The minimum atomic E-state index is -0.604. The van der Waals surface area contributed by atoms with E-state index in [1.165, 1.54) is 17.0 Å². The van der Waals surface area contributed by atoms with Crippen LogP contribution in [0.5, 0.6) is 0 Å². The van der Waals surface area contributed by atoms with Gasteiger partial charge in [0.25, 0.3) is 0 Å². The zero-order valence-corrected chi connectivity index (χ0v) is 14.8. The molecule has 1 rings (SSSR count). The molecule has 24 heavy (non-hydrogen) atoms. The number of carbonyl (C=O) groups excluding carboxylic acids is 2. The Balaban J connectivity index is 2.78. The molecule has 1 aromatic carbocycles. The molecule has 0 aliphatic rings. The summed E-state index contributed by atoms with van der Waals surface area (Å²) in [6, 6.07) is 5.34. The number of nitrogens with one attached hydrogen (secondary N) is 1. The number of rotatable bonds is 9. The van der Waals surface area contributed by atoms with E-state index >= 15 is 0 Å². The summed E-state index contributed by atoms with van der Waals surface area (Å²) < 4.78 is 18.0. The molecule has 0 heterocycles. The molecule has 5 nitrogen and oxygen atoms in total. The Labute approximate surface area is 143 Å². The summed E-state index contributed by atoms with van der Waals surface area (Å²) in [5.74, 6) is -0.875. The van der Waals surface area contributed by atoms with Gasteiger partial charge in [-0.25, -0.2) is 4.39 Å². The van der Waals surface area contributed by atoms with Gasteiger partial charge in [-0.3, -0.25) is 9.59 Å². The van der Waals surface area contributed by atoms with Crippen LogP contribution in [0.1, 0.15) is 32.8 Å². The van der Waals surface area contributed by atoms with Crippen LogP contribution in [0.2, 0.25) is 0 Å². The monoisotopic (exact) mass is 338 g/mol. The van der Waals surface area contributed by atoms with Gasteiger partial charge in [0, 0.05) is 32.7 Å². The maximum atomic E-state index is 13.0. The van der Waals surface area contributed by atoms with Crippen molar-refractivity contribution in [2.75, 3.05) is 20.3 Å². The minimum Gasteiger partial charge on any atom is -0.385 e. The maximum absolute atomic E-state index is 13.0. The number of carbonyl (C=O) groups is 2. The molecule has 1 atom stereocenters. The highest BCUT2D eigenvalue weighted by atomic mass is 19.1. The van der Waals surface area contributed by atoms with E-state index in [2.05, 4.69) is 5.32 Å². The lowest BCUT2D eigenvalue weighted by atomic mass is 10.1. The van der Waals surface area contributed by atoms with E-state index in [1.807, 2.05) is 0 Å². The summed E-state index contributed by atoms with van der Waals surface area (Å²) in [4.78, 5) is 26.3. The first-order valence-corrected chi connectivity index (χ1v) is 8.18. The summed E-state index contributed by atoms with van der Waals surface area (Å²) in [6.07, 6.45) is 0.713. The standard InChI is InChI=1S/C18H27FN2O3/c1-13(2)18(23)21(12-15-6-8-16(19)9-7-15)14(3)17(22)20-10-5-11-24-4/h6-9,13-14H,5,10-12H2,1-4H3,(H,20,22)/t14-/m0/s1. The Kier molecular flexibility index (Phi) is 8.40. The first-order valence-electron chi connectivity index (χ1n) is 8.18. The van der Waals surface area contributed by atoms with Crippen LogP contribution < -0.4 is 5.32 Å². The van der Waals surface area contributed by atoms with Crippen molar-refractivity contribution in [1.29, 1.82) is 0 Å². The summed E-state index contributed by atoms with van der Waals surface area (Å²) in [6.45, 7) is 6.63. The minimum absolute atomic E-state index is 0.112. The first kappa shape index (κ1) is 20.1. The Morgan fingerprint density at radius 3 is 2.38 bits per heavy atom. The van der Waals surface area contributed by atoms with E-state index in [0.717, 1.165) is 5.56 Å². The Hall–Kier alpha value is -1.95. The molecule has 134 valence electrons. The van der Waals surface area contributed by atoms with Crippen LogP contribution >= 0.6 is 0 Å².